The van der Waals surface area contributed by atoms with E-state index in [-0.39, 0.29) is 0 Å². The predicted octanol–water partition coefficient (Wildman–Crippen LogP) is 14.2. The van der Waals surface area contributed by atoms with Gasteiger partial charge in [0, 0.05) is 28.9 Å². The van der Waals surface area contributed by atoms with E-state index in [2.05, 4.69) is 199 Å². The molecule has 1 heterocycles. The van der Waals surface area contributed by atoms with Gasteiger partial charge < -0.3 is 14.4 Å². The zero-order valence-electron chi connectivity index (χ0n) is 30.5. The van der Waals surface area contributed by atoms with Gasteiger partial charge in [-0.3, -0.25) is 0 Å². The van der Waals surface area contributed by atoms with Crippen molar-refractivity contribution in [2.45, 2.75) is 17.8 Å². The lowest BCUT2D eigenvalue weighted by Crippen LogP contribution is -2.28. The highest BCUT2D eigenvalue weighted by molar-refractivity contribution is 5.93. The van der Waals surface area contributed by atoms with Crippen LogP contribution in [0.15, 0.2) is 200 Å². The van der Waals surface area contributed by atoms with Gasteiger partial charge in [0.15, 0.2) is 23.0 Å². The zero-order chi connectivity index (χ0) is 36.8. The molecule has 4 aliphatic rings. The quantitative estimate of drug-likeness (QED) is 0.181. The Labute approximate surface area is 326 Å². The molecule has 0 saturated carbocycles. The zero-order valence-corrected chi connectivity index (χ0v) is 30.5. The number of fused-ring (bicyclic) bond motifs is 14. The number of allylic oxidation sites excluding steroid dienone is 4. The van der Waals surface area contributed by atoms with Crippen molar-refractivity contribution in [3.05, 3.63) is 222 Å². The third-order valence-electron chi connectivity index (χ3n) is 12.3. The minimum Gasteiger partial charge on any atom is -0.449 e. The molecule has 3 heteroatoms. The first-order chi connectivity index (χ1) is 27.8. The first kappa shape index (κ1) is 31.3. The van der Waals surface area contributed by atoms with Crippen LogP contribution < -0.4 is 14.4 Å². The van der Waals surface area contributed by atoms with Crippen LogP contribution in [0.4, 0.5) is 17.1 Å². The lowest BCUT2D eigenvalue weighted by Gasteiger charge is -2.35. The summed E-state index contributed by atoms with van der Waals surface area (Å²) in [7, 11) is 0. The molecule has 264 valence electrons. The summed E-state index contributed by atoms with van der Waals surface area (Å²) >= 11 is 0. The molecule has 3 aliphatic carbocycles. The van der Waals surface area contributed by atoms with E-state index in [1.165, 1.54) is 55.3 Å². The summed E-state index contributed by atoms with van der Waals surface area (Å²) in [6.07, 6.45) is 7.89. The van der Waals surface area contributed by atoms with Crippen molar-refractivity contribution in [2.24, 2.45) is 0 Å². The van der Waals surface area contributed by atoms with Crippen LogP contribution in [0.5, 0.6) is 23.0 Å². The van der Waals surface area contributed by atoms with Gasteiger partial charge in [-0.15, -0.1) is 0 Å². The third-order valence-corrected chi connectivity index (χ3v) is 12.3. The molecule has 56 heavy (non-hydrogen) atoms. The second-order valence-corrected chi connectivity index (χ2v) is 15.2. The Morgan fingerprint density at radius 2 is 1.23 bits per heavy atom. The van der Waals surface area contributed by atoms with Gasteiger partial charge in [0.25, 0.3) is 0 Å². The van der Waals surface area contributed by atoms with Crippen LogP contribution in [0.2, 0.25) is 0 Å². The van der Waals surface area contributed by atoms with Crippen LogP contribution >= 0.6 is 0 Å². The van der Waals surface area contributed by atoms with E-state index in [1.807, 2.05) is 0 Å². The van der Waals surface area contributed by atoms with Crippen molar-refractivity contribution in [3.8, 4) is 45.3 Å². The Hall–Kier alpha value is -7.10. The summed E-state index contributed by atoms with van der Waals surface area (Å²) < 4.78 is 14.1. The summed E-state index contributed by atoms with van der Waals surface area (Å²) in [6, 6.07) is 63.2. The van der Waals surface area contributed by atoms with Crippen molar-refractivity contribution >= 4 is 27.8 Å². The lowest BCUT2D eigenvalue weighted by atomic mass is 9.68. The average Bonchev–Trinajstić information content (AvgIpc) is 3.74. The van der Waals surface area contributed by atoms with Crippen LogP contribution in [0.3, 0.4) is 0 Å². The summed E-state index contributed by atoms with van der Waals surface area (Å²) in [5, 5.41) is 2.39. The van der Waals surface area contributed by atoms with Crippen LogP contribution in [-0.4, -0.2) is 0 Å². The number of nitrogens with zero attached hydrogens (tertiary/aromatic N) is 1. The van der Waals surface area contributed by atoms with Gasteiger partial charge in [0.2, 0.25) is 0 Å². The fourth-order valence-corrected chi connectivity index (χ4v) is 9.96. The summed E-state index contributed by atoms with van der Waals surface area (Å²) in [6.45, 7) is 0. The summed E-state index contributed by atoms with van der Waals surface area (Å²) in [4.78, 5) is 2.32. The van der Waals surface area contributed by atoms with Crippen LogP contribution in [0.1, 0.15) is 34.6 Å². The maximum atomic E-state index is 7.26. The third kappa shape index (κ3) is 4.40. The number of anilines is 3. The molecule has 12 rings (SSSR count). The minimum atomic E-state index is -0.489. The molecule has 0 fully saturated rings. The molecule has 0 N–H and O–H groups in total. The maximum Gasteiger partial charge on any atom is 0.175 e. The highest BCUT2D eigenvalue weighted by atomic mass is 16.6. The largest absolute Gasteiger partial charge is 0.449 e. The first-order valence-corrected chi connectivity index (χ1v) is 19.4. The summed E-state index contributed by atoms with van der Waals surface area (Å²) in [5.74, 6) is 3.23. The van der Waals surface area contributed by atoms with Crippen molar-refractivity contribution in [1.29, 1.82) is 0 Å². The molecular formula is C53H35NO2. The number of ether oxygens (including phenoxy) is 2. The Morgan fingerprint density at radius 1 is 0.500 bits per heavy atom. The predicted molar refractivity (Wildman–Crippen MR) is 227 cm³/mol. The summed E-state index contributed by atoms with van der Waals surface area (Å²) in [5.41, 5.74) is 14.0. The topological polar surface area (TPSA) is 21.7 Å². The highest BCUT2D eigenvalue weighted by Gasteiger charge is 2.57. The van der Waals surface area contributed by atoms with Gasteiger partial charge in [-0.2, -0.15) is 0 Å². The van der Waals surface area contributed by atoms with Crippen molar-refractivity contribution in [2.75, 3.05) is 4.90 Å². The number of hydrogen-bond acceptors (Lipinski definition) is 3. The Kier molecular flexibility index (Phi) is 6.67. The molecule has 0 amide bonds. The second-order valence-electron chi connectivity index (χ2n) is 15.2. The standard InChI is InChI=1S/C53H35NO2/c1-2-13-34(14-3-1)37-17-12-18-38(31-37)54(39-26-25-35-15-4-5-16-36(35)32-39)40-27-29-48-50(33-40)56-52-49(55-48)30-28-44-43-21-8-11-24-47(43)53(51(44)52)45-22-9-6-19-41(45)42-20-7-10-23-46(42)53/h1-19,21-33,42H,20H2. The second kappa shape index (κ2) is 11.9. The van der Waals surface area contributed by atoms with Crippen molar-refractivity contribution < 1.29 is 9.47 Å². The van der Waals surface area contributed by atoms with E-state index >= 15 is 0 Å². The van der Waals surface area contributed by atoms with Gasteiger partial charge in [-0.25, -0.2) is 0 Å². The average molecular weight is 718 g/mol. The Morgan fingerprint density at radius 3 is 2.16 bits per heavy atom. The molecule has 1 spiro atoms. The van der Waals surface area contributed by atoms with Gasteiger partial charge >= 0.3 is 0 Å². The van der Waals surface area contributed by atoms with Crippen molar-refractivity contribution in [3.63, 3.8) is 0 Å². The molecule has 2 atom stereocenters. The van der Waals surface area contributed by atoms with Crippen LogP contribution in [0.25, 0.3) is 33.0 Å². The van der Waals surface area contributed by atoms with E-state index in [4.69, 9.17) is 9.47 Å². The number of hydrogen-bond donors (Lipinski definition) is 0. The minimum absolute atomic E-state index is 0.302. The van der Waals surface area contributed by atoms with E-state index in [1.54, 1.807) is 0 Å². The molecule has 8 aromatic carbocycles. The van der Waals surface area contributed by atoms with Crippen molar-refractivity contribution in [1.82, 2.24) is 0 Å². The fourth-order valence-electron chi connectivity index (χ4n) is 9.96. The molecule has 2 unspecified atom stereocenters. The monoisotopic (exact) mass is 717 g/mol. The number of benzene rings is 8. The SMILES string of the molecule is C1=CCC2C(=C1)C1(c3ccccc3-c3ccc4c(c31)Oc1cc(N(c3cccc(-c5ccccc5)c3)c3ccc5ccccc5c3)ccc1O4)c1ccccc12. The van der Waals surface area contributed by atoms with E-state index in [9.17, 15) is 0 Å². The molecule has 8 aromatic rings. The van der Waals surface area contributed by atoms with Gasteiger partial charge in [-0.05, 0) is 104 Å². The Bertz CT molecular complexity index is 2980. The first-order valence-electron chi connectivity index (χ1n) is 19.4. The van der Waals surface area contributed by atoms with Crippen LogP contribution in [-0.2, 0) is 5.41 Å². The lowest BCUT2D eigenvalue weighted by molar-refractivity contribution is 0.354. The smallest absolute Gasteiger partial charge is 0.175 e. The fraction of sp³-hybridized carbons (Fsp3) is 0.0566. The number of rotatable bonds is 4. The van der Waals surface area contributed by atoms with E-state index in [0.29, 0.717) is 17.4 Å². The molecule has 1 aliphatic heterocycles. The van der Waals surface area contributed by atoms with E-state index in [0.717, 1.165) is 40.5 Å². The molecule has 3 nitrogen and oxygen atoms in total. The molecule has 0 aromatic heterocycles. The van der Waals surface area contributed by atoms with Gasteiger partial charge in [0.05, 0.1) is 11.1 Å². The van der Waals surface area contributed by atoms with Crippen LogP contribution in [0, 0.1) is 0 Å². The molecular weight excluding hydrogens is 683 g/mol. The van der Waals surface area contributed by atoms with Gasteiger partial charge in [0.1, 0.15) is 0 Å². The van der Waals surface area contributed by atoms with Gasteiger partial charge in [-0.1, -0.05) is 146 Å². The Balaban J connectivity index is 1.04. The van der Waals surface area contributed by atoms with E-state index < -0.39 is 5.41 Å². The normalized spacial score (nSPS) is 17.8. The molecule has 0 bridgehead atoms. The molecule has 0 radical (unpaired) electrons. The molecule has 0 saturated heterocycles. The maximum absolute atomic E-state index is 7.26. The highest BCUT2D eigenvalue weighted by Crippen LogP contribution is 2.68.